The Kier molecular flexibility index (Phi) is 6.82. The molecule has 5 rings (SSSR count). The lowest BCUT2D eigenvalue weighted by Crippen LogP contribution is -2.44. The van der Waals surface area contributed by atoms with Crippen LogP contribution in [-0.4, -0.2) is 46.1 Å². The summed E-state index contributed by atoms with van der Waals surface area (Å²) in [4.78, 5) is 19.9. The second-order valence-electron chi connectivity index (χ2n) is 8.80. The van der Waals surface area contributed by atoms with E-state index >= 15 is 4.39 Å². The summed E-state index contributed by atoms with van der Waals surface area (Å²) in [5.41, 5.74) is 2.54. The molecule has 1 aliphatic rings. The molecule has 11 heteroatoms. The number of fused-ring (bicyclic) bond motifs is 1. The fraction of sp³-hybridized carbons (Fsp3) is 0.269. The standard InChI is InChI=1S/C26H23ClF2N8/c1-14(18-9-16(11-30)3-4-19(18)28)35-25-22(27)15(2)34-21-10-20(29)23(36-24(21)25)17-12-32-26(33-13-17)37-7-5-31-6-8-37/h3-4,9-10,12-14,31H,5-8H2,1-2H3,(H,34,35). The number of hydrogen-bond donors (Lipinski definition) is 2. The molecule has 0 saturated carbocycles. The lowest BCUT2D eigenvalue weighted by molar-refractivity contribution is 0.580. The van der Waals surface area contributed by atoms with Gasteiger partial charge in [0.05, 0.1) is 39.6 Å². The van der Waals surface area contributed by atoms with E-state index in [0.29, 0.717) is 39.5 Å². The Morgan fingerprint density at radius 3 is 2.54 bits per heavy atom. The van der Waals surface area contributed by atoms with Gasteiger partial charge in [0, 0.05) is 55.8 Å². The maximum absolute atomic E-state index is 15.2. The van der Waals surface area contributed by atoms with Gasteiger partial charge in [-0.2, -0.15) is 5.26 Å². The Morgan fingerprint density at radius 2 is 1.84 bits per heavy atom. The minimum absolute atomic E-state index is 0.0504. The first-order chi connectivity index (χ1) is 17.9. The monoisotopic (exact) mass is 520 g/mol. The van der Waals surface area contributed by atoms with Crippen LogP contribution in [0.15, 0.2) is 36.7 Å². The van der Waals surface area contributed by atoms with Crippen molar-refractivity contribution in [2.75, 3.05) is 36.4 Å². The highest BCUT2D eigenvalue weighted by molar-refractivity contribution is 6.35. The summed E-state index contributed by atoms with van der Waals surface area (Å²) in [5.74, 6) is -0.469. The SMILES string of the molecule is Cc1nc2cc(F)c(-c3cnc(N4CCNCC4)nc3)nc2c(NC(C)c2cc(C#N)ccc2F)c1Cl. The van der Waals surface area contributed by atoms with Crippen molar-refractivity contribution < 1.29 is 8.78 Å². The Bertz CT molecular complexity index is 1510. The molecule has 4 aromatic rings. The minimum atomic E-state index is -0.577. The third kappa shape index (κ3) is 4.88. The van der Waals surface area contributed by atoms with Crippen LogP contribution in [0.5, 0.6) is 0 Å². The summed E-state index contributed by atoms with van der Waals surface area (Å²) in [5, 5.41) is 16.0. The molecule has 0 radical (unpaired) electrons. The molecular formula is C26H23ClF2N8. The zero-order chi connectivity index (χ0) is 26.1. The van der Waals surface area contributed by atoms with E-state index < -0.39 is 17.7 Å². The molecule has 3 aromatic heterocycles. The van der Waals surface area contributed by atoms with Crippen LogP contribution in [0.25, 0.3) is 22.3 Å². The lowest BCUT2D eigenvalue weighted by atomic mass is 10.0. The highest BCUT2D eigenvalue weighted by atomic mass is 35.5. The number of piperazine rings is 1. The van der Waals surface area contributed by atoms with Gasteiger partial charge in [0.15, 0.2) is 5.82 Å². The topological polar surface area (TPSA) is 103 Å². The Balaban J connectivity index is 1.55. The molecule has 8 nitrogen and oxygen atoms in total. The zero-order valence-electron chi connectivity index (χ0n) is 20.2. The van der Waals surface area contributed by atoms with Crippen LogP contribution < -0.4 is 15.5 Å². The third-order valence-electron chi connectivity index (χ3n) is 6.28. The van der Waals surface area contributed by atoms with Crippen LogP contribution in [0.2, 0.25) is 5.02 Å². The van der Waals surface area contributed by atoms with E-state index in [1.807, 2.05) is 6.07 Å². The van der Waals surface area contributed by atoms with Crippen LogP contribution >= 0.6 is 11.6 Å². The second kappa shape index (κ2) is 10.2. The van der Waals surface area contributed by atoms with Gasteiger partial charge in [-0.25, -0.2) is 28.7 Å². The first-order valence-corrected chi connectivity index (χ1v) is 12.1. The third-order valence-corrected chi connectivity index (χ3v) is 6.74. The molecule has 1 atom stereocenters. The first-order valence-electron chi connectivity index (χ1n) is 11.8. The van der Waals surface area contributed by atoms with Gasteiger partial charge >= 0.3 is 0 Å². The van der Waals surface area contributed by atoms with Crippen LogP contribution in [0.1, 0.15) is 29.8 Å². The molecule has 1 fully saturated rings. The van der Waals surface area contributed by atoms with Gasteiger partial charge in [-0.3, -0.25) is 0 Å². The van der Waals surface area contributed by atoms with Gasteiger partial charge in [-0.05, 0) is 32.0 Å². The largest absolute Gasteiger partial charge is 0.375 e. The number of benzene rings is 1. The molecule has 1 unspecified atom stereocenters. The van der Waals surface area contributed by atoms with Crippen LogP contribution in [0, 0.1) is 29.9 Å². The molecule has 0 bridgehead atoms. The van der Waals surface area contributed by atoms with Crippen molar-refractivity contribution in [3.05, 3.63) is 70.1 Å². The Labute approximate surface area is 217 Å². The van der Waals surface area contributed by atoms with Crippen LogP contribution in [0.3, 0.4) is 0 Å². The van der Waals surface area contributed by atoms with Crippen molar-refractivity contribution in [2.45, 2.75) is 19.9 Å². The number of aryl methyl sites for hydroxylation is 1. The number of aromatic nitrogens is 4. The van der Waals surface area contributed by atoms with E-state index in [1.165, 1.54) is 24.3 Å². The van der Waals surface area contributed by atoms with Crippen molar-refractivity contribution in [1.29, 1.82) is 5.26 Å². The van der Waals surface area contributed by atoms with Crippen LogP contribution in [-0.2, 0) is 0 Å². The molecule has 37 heavy (non-hydrogen) atoms. The quantitative estimate of drug-likeness (QED) is 0.387. The van der Waals surface area contributed by atoms with Crippen LogP contribution in [0.4, 0.5) is 20.4 Å². The van der Waals surface area contributed by atoms with Crippen molar-refractivity contribution in [1.82, 2.24) is 25.3 Å². The minimum Gasteiger partial charge on any atom is -0.375 e. The Morgan fingerprint density at radius 1 is 1.11 bits per heavy atom. The Hall–Kier alpha value is -3.94. The first kappa shape index (κ1) is 24.7. The number of anilines is 2. The molecule has 4 heterocycles. The number of nitriles is 1. The average molecular weight is 521 g/mol. The molecule has 1 aromatic carbocycles. The maximum atomic E-state index is 15.2. The number of nitrogens with one attached hydrogen (secondary N) is 2. The maximum Gasteiger partial charge on any atom is 0.225 e. The molecule has 0 amide bonds. The summed E-state index contributed by atoms with van der Waals surface area (Å²) in [6.45, 7) is 6.71. The normalized spacial score (nSPS) is 14.4. The number of hydrogen-bond acceptors (Lipinski definition) is 8. The van der Waals surface area contributed by atoms with E-state index in [2.05, 4.69) is 35.5 Å². The van der Waals surface area contributed by atoms with E-state index in [9.17, 15) is 9.65 Å². The van der Waals surface area contributed by atoms with Gasteiger partial charge in [0.1, 0.15) is 17.0 Å². The fourth-order valence-corrected chi connectivity index (χ4v) is 4.49. The fourth-order valence-electron chi connectivity index (χ4n) is 4.31. The van der Waals surface area contributed by atoms with Crippen molar-refractivity contribution >= 4 is 34.3 Å². The molecule has 2 N–H and O–H groups in total. The van der Waals surface area contributed by atoms with E-state index in [-0.39, 0.29) is 16.3 Å². The van der Waals surface area contributed by atoms with E-state index in [4.69, 9.17) is 11.6 Å². The predicted octanol–water partition coefficient (Wildman–Crippen LogP) is 4.78. The van der Waals surface area contributed by atoms with Gasteiger partial charge < -0.3 is 15.5 Å². The average Bonchev–Trinajstić information content (AvgIpc) is 2.92. The number of halogens is 3. The molecular weight excluding hydrogens is 498 g/mol. The summed E-state index contributed by atoms with van der Waals surface area (Å²) >= 11 is 6.61. The van der Waals surface area contributed by atoms with Gasteiger partial charge in [-0.15, -0.1) is 0 Å². The molecule has 1 saturated heterocycles. The van der Waals surface area contributed by atoms with Crippen molar-refractivity contribution in [2.24, 2.45) is 0 Å². The van der Waals surface area contributed by atoms with Gasteiger partial charge in [-0.1, -0.05) is 11.6 Å². The summed E-state index contributed by atoms with van der Waals surface area (Å²) in [6.07, 6.45) is 3.09. The number of nitrogens with zero attached hydrogens (tertiary/aromatic N) is 6. The molecule has 0 aliphatic carbocycles. The summed E-state index contributed by atoms with van der Waals surface area (Å²) in [7, 11) is 0. The predicted molar refractivity (Wildman–Crippen MR) is 139 cm³/mol. The number of rotatable bonds is 5. The highest BCUT2D eigenvalue weighted by Crippen LogP contribution is 2.36. The second-order valence-corrected chi connectivity index (χ2v) is 9.17. The van der Waals surface area contributed by atoms with E-state index in [0.717, 1.165) is 26.2 Å². The smallest absolute Gasteiger partial charge is 0.225 e. The van der Waals surface area contributed by atoms with Gasteiger partial charge in [0.2, 0.25) is 5.95 Å². The van der Waals surface area contributed by atoms with Gasteiger partial charge in [0.25, 0.3) is 0 Å². The zero-order valence-corrected chi connectivity index (χ0v) is 20.9. The molecule has 1 aliphatic heterocycles. The lowest BCUT2D eigenvalue weighted by Gasteiger charge is -2.27. The summed E-state index contributed by atoms with van der Waals surface area (Å²) in [6, 6.07) is 6.87. The molecule has 188 valence electrons. The summed E-state index contributed by atoms with van der Waals surface area (Å²) < 4.78 is 29.8. The number of pyridine rings is 2. The van der Waals surface area contributed by atoms with E-state index in [1.54, 1.807) is 26.2 Å². The molecule has 0 spiro atoms. The highest BCUT2D eigenvalue weighted by Gasteiger charge is 2.21. The van der Waals surface area contributed by atoms with Crippen molar-refractivity contribution in [3.63, 3.8) is 0 Å². The van der Waals surface area contributed by atoms with Crippen molar-refractivity contribution in [3.8, 4) is 17.3 Å².